The average Bonchev–Trinajstić information content (AvgIpc) is 2.88. The summed E-state index contributed by atoms with van der Waals surface area (Å²) in [5, 5.41) is 2.85. The first-order valence-electron chi connectivity index (χ1n) is 11.3. The molecule has 2 amide bonds. The molecule has 3 aromatic rings. The van der Waals surface area contributed by atoms with Crippen LogP contribution < -0.4 is 10.1 Å². The molecule has 3 aromatic carbocycles. The van der Waals surface area contributed by atoms with Crippen LogP contribution in [0, 0.1) is 0 Å². The van der Waals surface area contributed by atoms with Gasteiger partial charge in [0, 0.05) is 37.8 Å². The molecule has 1 saturated heterocycles. The second-order valence-corrected chi connectivity index (χ2v) is 8.32. The summed E-state index contributed by atoms with van der Waals surface area (Å²) in [6, 6.07) is 23.2. The van der Waals surface area contributed by atoms with Gasteiger partial charge in [-0.3, -0.25) is 9.59 Å². The third-order valence-corrected chi connectivity index (χ3v) is 5.92. The molecule has 1 fully saturated rings. The zero-order chi connectivity index (χ0) is 23.9. The van der Waals surface area contributed by atoms with E-state index in [-0.39, 0.29) is 11.8 Å². The van der Waals surface area contributed by atoms with Crippen LogP contribution in [0.25, 0.3) is 17.2 Å². The lowest BCUT2D eigenvalue weighted by Crippen LogP contribution is -2.47. The predicted molar refractivity (Wildman–Crippen MR) is 136 cm³/mol. The molecule has 0 bridgehead atoms. The first kappa shape index (κ1) is 23.3. The maximum atomic E-state index is 12.9. The number of anilines is 1. The Balaban J connectivity index is 1.46. The number of amides is 2. The van der Waals surface area contributed by atoms with E-state index in [9.17, 15) is 9.59 Å². The number of likely N-dealkylation sites (N-methyl/N-ethyl adjacent to an activating group) is 1. The molecular weight excluding hydrogens is 426 g/mol. The van der Waals surface area contributed by atoms with Gasteiger partial charge in [-0.15, -0.1) is 0 Å². The van der Waals surface area contributed by atoms with Crippen molar-refractivity contribution in [2.75, 3.05) is 45.7 Å². The third-order valence-electron chi connectivity index (χ3n) is 5.92. The SMILES string of the molecule is COc1ccc(C(=O)N2CCN(C)CC2)cc1NC(=O)C=Cc1cccc(-c2ccccc2)c1. The van der Waals surface area contributed by atoms with Gasteiger partial charge in [0.15, 0.2) is 0 Å². The molecule has 1 N–H and O–H groups in total. The lowest BCUT2D eigenvalue weighted by molar-refractivity contribution is -0.111. The summed E-state index contributed by atoms with van der Waals surface area (Å²) in [7, 11) is 3.59. The summed E-state index contributed by atoms with van der Waals surface area (Å²) in [6.45, 7) is 3.07. The summed E-state index contributed by atoms with van der Waals surface area (Å²) in [5.41, 5.74) is 4.12. The normalized spacial score (nSPS) is 14.2. The molecule has 0 saturated carbocycles. The summed E-state index contributed by atoms with van der Waals surface area (Å²) < 4.78 is 5.40. The maximum absolute atomic E-state index is 12.9. The van der Waals surface area contributed by atoms with Crippen molar-refractivity contribution < 1.29 is 14.3 Å². The number of ether oxygens (including phenoxy) is 1. The van der Waals surface area contributed by atoms with Crippen LogP contribution in [-0.2, 0) is 4.79 Å². The standard InChI is InChI=1S/C28H29N3O3/c1-30-15-17-31(18-16-30)28(33)24-12-13-26(34-2)25(20-24)29-27(32)14-11-21-7-6-10-23(19-21)22-8-4-3-5-9-22/h3-14,19-20H,15-18H2,1-2H3,(H,29,32). The van der Waals surface area contributed by atoms with Gasteiger partial charge < -0.3 is 19.9 Å². The summed E-state index contributed by atoms with van der Waals surface area (Å²) in [6.07, 6.45) is 3.26. The highest BCUT2D eigenvalue weighted by atomic mass is 16.5. The highest BCUT2D eigenvalue weighted by Crippen LogP contribution is 2.27. The molecule has 34 heavy (non-hydrogen) atoms. The van der Waals surface area contributed by atoms with Crippen molar-refractivity contribution in [3.8, 4) is 16.9 Å². The summed E-state index contributed by atoms with van der Waals surface area (Å²) in [5.74, 6) is 0.162. The number of hydrogen-bond donors (Lipinski definition) is 1. The average molecular weight is 456 g/mol. The number of carbonyl (C=O) groups excluding carboxylic acids is 2. The van der Waals surface area contributed by atoms with Gasteiger partial charge in [0.05, 0.1) is 12.8 Å². The van der Waals surface area contributed by atoms with Crippen molar-refractivity contribution in [3.63, 3.8) is 0 Å². The minimum absolute atomic E-state index is 0.0421. The molecule has 0 atom stereocenters. The predicted octanol–water partition coefficient (Wildman–Crippen LogP) is 4.40. The van der Waals surface area contributed by atoms with E-state index in [4.69, 9.17) is 4.74 Å². The minimum Gasteiger partial charge on any atom is -0.495 e. The van der Waals surface area contributed by atoms with Gasteiger partial charge in [0.2, 0.25) is 5.91 Å². The number of nitrogens with zero attached hydrogens (tertiary/aromatic N) is 2. The molecule has 1 aliphatic heterocycles. The van der Waals surface area contributed by atoms with Gasteiger partial charge in [-0.05, 0) is 54.1 Å². The van der Waals surface area contributed by atoms with E-state index in [0.29, 0.717) is 30.1 Å². The zero-order valence-corrected chi connectivity index (χ0v) is 19.5. The number of carbonyl (C=O) groups is 2. The monoisotopic (exact) mass is 455 g/mol. The lowest BCUT2D eigenvalue weighted by Gasteiger charge is -2.32. The van der Waals surface area contributed by atoms with Gasteiger partial charge in [-0.2, -0.15) is 0 Å². The molecule has 0 radical (unpaired) electrons. The fourth-order valence-corrected chi connectivity index (χ4v) is 3.93. The fraction of sp³-hybridized carbons (Fsp3) is 0.214. The van der Waals surface area contributed by atoms with Gasteiger partial charge in [-0.25, -0.2) is 0 Å². The van der Waals surface area contributed by atoms with E-state index in [1.54, 1.807) is 24.3 Å². The van der Waals surface area contributed by atoms with Crippen LogP contribution in [0.3, 0.4) is 0 Å². The second-order valence-electron chi connectivity index (χ2n) is 8.32. The van der Waals surface area contributed by atoms with Crippen LogP contribution in [0.1, 0.15) is 15.9 Å². The van der Waals surface area contributed by atoms with Gasteiger partial charge in [0.1, 0.15) is 5.75 Å². The highest BCUT2D eigenvalue weighted by molar-refractivity contribution is 6.04. The Kier molecular flexibility index (Phi) is 7.40. The van der Waals surface area contributed by atoms with Crippen LogP contribution in [0.4, 0.5) is 5.69 Å². The Bertz CT molecular complexity index is 1180. The van der Waals surface area contributed by atoms with Crippen molar-refractivity contribution in [1.29, 1.82) is 0 Å². The Morgan fingerprint density at radius 2 is 1.62 bits per heavy atom. The molecule has 1 heterocycles. The fourth-order valence-electron chi connectivity index (χ4n) is 3.93. The van der Waals surface area contributed by atoms with Crippen LogP contribution in [0.5, 0.6) is 5.75 Å². The molecule has 6 heteroatoms. The quantitative estimate of drug-likeness (QED) is 0.560. The molecule has 4 rings (SSSR count). The molecule has 174 valence electrons. The van der Waals surface area contributed by atoms with E-state index >= 15 is 0 Å². The Labute approximate surface area is 200 Å². The van der Waals surface area contributed by atoms with E-state index in [0.717, 1.165) is 29.8 Å². The smallest absolute Gasteiger partial charge is 0.254 e. The Morgan fingerprint density at radius 1 is 0.882 bits per heavy atom. The largest absolute Gasteiger partial charge is 0.495 e. The van der Waals surface area contributed by atoms with Crippen molar-refractivity contribution >= 4 is 23.6 Å². The Hall–Kier alpha value is -3.90. The van der Waals surface area contributed by atoms with Crippen molar-refractivity contribution in [3.05, 3.63) is 90.0 Å². The van der Waals surface area contributed by atoms with Crippen molar-refractivity contribution in [1.82, 2.24) is 9.80 Å². The number of hydrogen-bond acceptors (Lipinski definition) is 4. The van der Waals surface area contributed by atoms with E-state index < -0.39 is 0 Å². The van der Waals surface area contributed by atoms with Crippen molar-refractivity contribution in [2.24, 2.45) is 0 Å². The summed E-state index contributed by atoms with van der Waals surface area (Å²) >= 11 is 0. The Morgan fingerprint density at radius 3 is 2.35 bits per heavy atom. The molecule has 0 aliphatic carbocycles. The first-order valence-corrected chi connectivity index (χ1v) is 11.3. The molecule has 0 unspecified atom stereocenters. The van der Waals surface area contributed by atoms with E-state index in [1.165, 1.54) is 13.2 Å². The lowest BCUT2D eigenvalue weighted by atomic mass is 10.0. The van der Waals surface area contributed by atoms with Crippen LogP contribution in [0.2, 0.25) is 0 Å². The number of rotatable bonds is 6. The minimum atomic E-state index is -0.299. The number of piperazine rings is 1. The number of methoxy groups -OCH3 is 1. The van der Waals surface area contributed by atoms with Crippen LogP contribution in [0.15, 0.2) is 78.9 Å². The number of benzene rings is 3. The highest BCUT2D eigenvalue weighted by Gasteiger charge is 2.21. The molecule has 0 spiro atoms. The summed E-state index contributed by atoms with van der Waals surface area (Å²) in [4.78, 5) is 29.7. The van der Waals surface area contributed by atoms with E-state index in [1.807, 2.05) is 54.4 Å². The van der Waals surface area contributed by atoms with E-state index in [2.05, 4.69) is 22.3 Å². The van der Waals surface area contributed by atoms with Crippen LogP contribution >= 0.6 is 0 Å². The number of nitrogens with one attached hydrogen (secondary N) is 1. The van der Waals surface area contributed by atoms with Gasteiger partial charge >= 0.3 is 0 Å². The third kappa shape index (κ3) is 5.71. The maximum Gasteiger partial charge on any atom is 0.254 e. The van der Waals surface area contributed by atoms with Gasteiger partial charge in [-0.1, -0.05) is 48.5 Å². The topological polar surface area (TPSA) is 61.9 Å². The zero-order valence-electron chi connectivity index (χ0n) is 19.5. The second kappa shape index (κ2) is 10.8. The van der Waals surface area contributed by atoms with Crippen LogP contribution in [-0.4, -0.2) is 62.0 Å². The molecule has 1 aliphatic rings. The molecule has 0 aromatic heterocycles. The molecular formula is C28H29N3O3. The van der Waals surface area contributed by atoms with Crippen molar-refractivity contribution in [2.45, 2.75) is 0 Å². The molecule has 6 nitrogen and oxygen atoms in total. The van der Waals surface area contributed by atoms with Gasteiger partial charge in [0.25, 0.3) is 5.91 Å². The first-order chi connectivity index (χ1) is 16.5.